The van der Waals surface area contributed by atoms with Gasteiger partial charge in [0, 0.05) is 18.1 Å². The lowest BCUT2D eigenvalue weighted by Crippen LogP contribution is -2.40. The van der Waals surface area contributed by atoms with E-state index in [-0.39, 0.29) is 19.0 Å². The molecule has 0 radical (unpaired) electrons. The molecular weight excluding hydrogens is 372 g/mol. The molecule has 0 saturated heterocycles. The van der Waals surface area contributed by atoms with E-state index >= 15 is 0 Å². The number of rotatable bonds is 9. The van der Waals surface area contributed by atoms with Crippen LogP contribution in [0.25, 0.3) is 0 Å². The summed E-state index contributed by atoms with van der Waals surface area (Å²) < 4.78 is 25.1. The Morgan fingerprint density at radius 1 is 1.08 bits per heavy atom. The number of sulfonamides is 1. The Morgan fingerprint density at radius 2 is 1.73 bits per heavy atom. The average Bonchev–Trinajstić information content (AvgIpc) is 2.60. The zero-order valence-electron chi connectivity index (χ0n) is 14.7. The number of aryl methyl sites for hydroxylation is 1. The highest BCUT2D eigenvalue weighted by Gasteiger charge is 2.21. The van der Waals surface area contributed by atoms with Crippen molar-refractivity contribution in [2.75, 3.05) is 19.3 Å². The van der Waals surface area contributed by atoms with E-state index in [1.165, 1.54) is 5.56 Å². The molecule has 0 bridgehead atoms. The molecule has 26 heavy (non-hydrogen) atoms. The smallest absolute Gasteiger partial charge is 0.235 e. The lowest BCUT2D eigenvalue weighted by Gasteiger charge is -2.20. The quantitative estimate of drug-likeness (QED) is 0.665. The van der Waals surface area contributed by atoms with Crippen LogP contribution in [0.15, 0.2) is 54.6 Å². The van der Waals surface area contributed by atoms with Crippen LogP contribution < -0.4 is 5.32 Å². The molecule has 0 saturated carbocycles. The number of carbonyl (C=O) groups excluding carboxylic acids is 1. The van der Waals surface area contributed by atoms with Crippen molar-refractivity contribution in [2.24, 2.45) is 0 Å². The number of nitrogens with one attached hydrogen (secondary N) is 1. The van der Waals surface area contributed by atoms with Crippen LogP contribution in [-0.2, 0) is 27.8 Å². The average molecular weight is 395 g/mol. The van der Waals surface area contributed by atoms with Crippen molar-refractivity contribution in [3.05, 3.63) is 70.7 Å². The monoisotopic (exact) mass is 394 g/mol. The predicted molar refractivity (Wildman–Crippen MR) is 104 cm³/mol. The van der Waals surface area contributed by atoms with Gasteiger partial charge in [0.1, 0.15) is 0 Å². The van der Waals surface area contributed by atoms with E-state index in [0.29, 0.717) is 17.1 Å². The lowest BCUT2D eigenvalue weighted by atomic mass is 10.1. The number of nitrogens with zero attached hydrogens (tertiary/aromatic N) is 1. The highest BCUT2D eigenvalue weighted by molar-refractivity contribution is 7.88. The molecule has 0 atom stereocenters. The Bertz CT molecular complexity index is 826. The van der Waals surface area contributed by atoms with Crippen LogP contribution >= 0.6 is 11.6 Å². The minimum Gasteiger partial charge on any atom is -0.355 e. The molecule has 7 heteroatoms. The summed E-state index contributed by atoms with van der Waals surface area (Å²) in [5.41, 5.74) is 1.87. The molecule has 0 heterocycles. The van der Waals surface area contributed by atoms with E-state index in [1.807, 2.05) is 30.3 Å². The molecule has 0 fully saturated rings. The molecule has 0 aliphatic carbocycles. The third-order valence-electron chi connectivity index (χ3n) is 3.90. The fraction of sp³-hybridized carbons (Fsp3) is 0.316. The van der Waals surface area contributed by atoms with Crippen molar-refractivity contribution in [1.82, 2.24) is 9.62 Å². The first-order valence-electron chi connectivity index (χ1n) is 8.35. The molecule has 5 nitrogen and oxygen atoms in total. The Balaban J connectivity index is 1.85. The van der Waals surface area contributed by atoms with Crippen molar-refractivity contribution in [3.63, 3.8) is 0 Å². The van der Waals surface area contributed by atoms with E-state index < -0.39 is 10.0 Å². The van der Waals surface area contributed by atoms with Gasteiger partial charge in [-0.3, -0.25) is 4.79 Å². The van der Waals surface area contributed by atoms with Crippen molar-refractivity contribution in [1.29, 1.82) is 0 Å². The standard InChI is InChI=1S/C19H23ClN2O3S/c1-26(24,25)22(14-17-11-5-6-12-18(17)20)15-19(23)21-13-7-10-16-8-3-2-4-9-16/h2-6,8-9,11-12H,7,10,13-15H2,1H3,(H,21,23). The minimum absolute atomic E-state index is 0.0654. The first-order valence-corrected chi connectivity index (χ1v) is 10.6. The molecular formula is C19H23ClN2O3S. The van der Waals surface area contributed by atoms with Crippen molar-refractivity contribution >= 4 is 27.5 Å². The van der Waals surface area contributed by atoms with Crippen molar-refractivity contribution < 1.29 is 13.2 Å². The van der Waals surface area contributed by atoms with Crippen LogP contribution in [0.2, 0.25) is 5.02 Å². The van der Waals surface area contributed by atoms with E-state index in [1.54, 1.807) is 24.3 Å². The van der Waals surface area contributed by atoms with E-state index in [4.69, 9.17) is 11.6 Å². The summed E-state index contributed by atoms with van der Waals surface area (Å²) in [5.74, 6) is -0.324. The van der Waals surface area contributed by atoms with Gasteiger partial charge in [0.15, 0.2) is 0 Å². The molecule has 140 valence electrons. The lowest BCUT2D eigenvalue weighted by molar-refractivity contribution is -0.121. The first-order chi connectivity index (χ1) is 12.4. The SMILES string of the molecule is CS(=O)(=O)N(CC(=O)NCCCc1ccccc1)Cc1ccccc1Cl. The highest BCUT2D eigenvalue weighted by atomic mass is 35.5. The van der Waals surface area contributed by atoms with Gasteiger partial charge < -0.3 is 5.32 Å². The topological polar surface area (TPSA) is 66.5 Å². The molecule has 2 aromatic carbocycles. The molecule has 0 unspecified atom stereocenters. The molecule has 0 spiro atoms. The first kappa shape index (κ1) is 20.4. The number of hydrogen-bond acceptors (Lipinski definition) is 3. The van der Waals surface area contributed by atoms with Gasteiger partial charge in [-0.25, -0.2) is 8.42 Å². The Labute approximate surface area is 160 Å². The van der Waals surface area contributed by atoms with Gasteiger partial charge in [-0.15, -0.1) is 0 Å². The Morgan fingerprint density at radius 3 is 2.38 bits per heavy atom. The van der Waals surface area contributed by atoms with Gasteiger partial charge in [-0.05, 0) is 30.0 Å². The number of hydrogen-bond donors (Lipinski definition) is 1. The Kier molecular flexibility index (Phi) is 7.63. The number of amides is 1. The molecule has 0 aromatic heterocycles. The Hall–Kier alpha value is -1.89. The fourth-order valence-corrected chi connectivity index (χ4v) is 3.41. The second-order valence-electron chi connectivity index (χ2n) is 6.06. The zero-order valence-corrected chi connectivity index (χ0v) is 16.3. The maximum Gasteiger partial charge on any atom is 0.235 e. The summed E-state index contributed by atoms with van der Waals surface area (Å²) in [7, 11) is -3.53. The number of benzene rings is 2. The third-order valence-corrected chi connectivity index (χ3v) is 5.47. The second-order valence-corrected chi connectivity index (χ2v) is 8.45. The number of carbonyl (C=O) groups is 1. The fourth-order valence-electron chi connectivity index (χ4n) is 2.49. The predicted octanol–water partition coefficient (Wildman–Crippen LogP) is 2.85. The van der Waals surface area contributed by atoms with Crippen LogP contribution in [0.3, 0.4) is 0 Å². The van der Waals surface area contributed by atoms with Crippen LogP contribution in [-0.4, -0.2) is 38.0 Å². The van der Waals surface area contributed by atoms with E-state index in [0.717, 1.165) is 23.4 Å². The normalized spacial score (nSPS) is 11.5. The summed E-state index contributed by atoms with van der Waals surface area (Å²) in [4.78, 5) is 12.1. The van der Waals surface area contributed by atoms with Crippen molar-refractivity contribution in [2.45, 2.75) is 19.4 Å². The summed E-state index contributed by atoms with van der Waals surface area (Å²) in [6.45, 7) is 0.336. The van der Waals surface area contributed by atoms with Crippen LogP contribution in [0.1, 0.15) is 17.5 Å². The van der Waals surface area contributed by atoms with Crippen molar-refractivity contribution in [3.8, 4) is 0 Å². The van der Waals surface area contributed by atoms with Gasteiger partial charge >= 0.3 is 0 Å². The van der Waals surface area contributed by atoms with E-state index in [9.17, 15) is 13.2 Å². The molecule has 0 aliphatic heterocycles. The highest BCUT2D eigenvalue weighted by Crippen LogP contribution is 2.18. The van der Waals surface area contributed by atoms with E-state index in [2.05, 4.69) is 5.32 Å². The van der Waals surface area contributed by atoms with Gasteiger partial charge in [0.05, 0.1) is 12.8 Å². The van der Waals surface area contributed by atoms with Gasteiger partial charge in [-0.1, -0.05) is 60.1 Å². The maximum atomic E-state index is 12.1. The summed E-state index contributed by atoms with van der Waals surface area (Å²) in [6, 6.07) is 17.0. The van der Waals surface area contributed by atoms with Crippen LogP contribution in [0.4, 0.5) is 0 Å². The molecule has 1 N–H and O–H groups in total. The van der Waals surface area contributed by atoms with Gasteiger partial charge in [0.2, 0.25) is 15.9 Å². The van der Waals surface area contributed by atoms with Crippen LogP contribution in [0, 0.1) is 0 Å². The molecule has 2 rings (SSSR count). The second kappa shape index (κ2) is 9.71. The summed E-state index contributed by atoms with van der Waals surface area (Å²) in [6.07, 6.45) is 2.74. The summed E-state index contributed by atoms with van der Waals surface area (Å²) in [5, 5.41) is 3.25. The minimum atomic E-state index is -3.53. The third kappa shape index (κ3) is 6.78. The van der Waals surface area contributed by atoms with Gasteiger partial charge in [0.25, 0.3) is 0 Å². The van der Waals surface area contributed by atoms with Crippen LogP contribution in [0.5, 0.6) is 0 Å². The molecule has 2 aromatic rings. The largest absolute Gasteiger partial charge is 0.355 e. The summed E-state index contributed by atoms with van der Waals surface area (Å²) >= 11 is 6.09. The molecule has 0 aliphatic rings. The maximum absolute atomic E-state index is 12.1. The zero-order chi connectivity index (χ0) is 19.0. The number of halogens is 1. The molecule has 1 amide bonds. The van der Waals surface area contributed by atoms with Gasteiger partial charge in [-0.2, -0.15) is 4.31 Å².